The van der Waals surface area contributed by atoms with Gasteiger partial charge in [-0.15, -0.1) is 5.10 Å². The lowest BCUT2D eigenvalue weighted by Crippen LogP contribution is -2.07. The molecule has 0 aliphatic heterocycles. The Hall–Kier alpha value is -2.90. The molecular weight excluding hydrogens is 410 g/mol. The fourth-order valence-corrected chi connectivity index (χ4v) is 3.29. The zero-order valence-electron chi connectivity index (χ0n) is 16.0. The van der Waals surface area contributed by atoms with E-state index in [-0.39, 0.29) is 5.91 Å². The molecule has 1 N–H and O–H groups in total. The topological polar surface area (TPSA) is 73.3 Å². The third-order valence-electron chi connectivity index (χ3n) is 3.94. The number of ether oxygens (including phenoxy) is 2. The van der Waals surface area contributed by atoms with Gasteiger partial charge in [-0.3, -0.25) is 4.79 Å². The highest BCUT2D eigenvalue weighted by Crippen LogP contribution is 2.36. The summed E-state index contributed by atoms with van der Waals surface area (Å²) in [6.07, 6.45) is 3.97. The van der Waals surface area contributed by atoms with Crippen LogP contribution in [0, 0.1) is 0 Å². The highest BCUT2D eigenvalue weighted by molar-refractivity contribution is 7.03. The summed E-state index contributed by atoms with van der Waals surface area (Å²) in [5.74, 6) is 0.778. The Labute approximate surface area is 178 Å². The summed E-state index contributed by atoms with van der Waals surface area (Å²) in [4.78, 5) is 12.2. The summed E-state index contributed by atoms with van der Waals surface area (Å²) >= 11 is 7.60. The second-order valence-electron chi connectivity index (χ2n) is 6.07. The highest BCUT2D eigenvalue weighted by Gasteiger charge is 2.11. The van der Waals surface area contributed by atoms with Crippen molar-refractivity contribution in [2.24, 2.45) is 0 Å². The number of rotatable bonds is 8. The van der Waals surface area contributed by atoms with E-state index in [1.165, 1.54) is 17.6 Å². The van der Waals surface area contributed by atoms with Crippen LogP contribution >= 0.6 is 23.1 Å². The van der Waals surface area contributed by atoms with Crippen molar-refractivity contribution < 1.29 is 14.3 Å². The molecule has 0 radical (unpaired) electrons. The van der Waals surface area contributed by atoms with Crippen LogP contribution in [-0.4, -0.2) is 29.2 Å². The summed E-state index contributed by atoms with van der Waals surface area (Å²) < 4.78 is 14.8. The molecule has 0 aliphatic rings. The zero-order valence-corrected chi connectivity index (χ0v) is 17.6. The van der Waals surface area contributed by atoms with Crippen LogP contribution in [-0.2, 0) is 4.79 Å². The Morgan fingerprint density at radius 1 is 1.28 bits per heavy atom. The Kier molecular flexibility index (Phi) is 7.21. The van der Waals surface area contributed by atoms with Crippen molar-refractivity contribution in [1.82, 2.24) is 9.59 Å². The maximum Gasteiger partial charge on any atom is 0.248 e. The van der Waals surface area contributed by atoms with Crippen molar-refractivity contribution in [2.45, 2.75) is 13.3 Å². The van der Waals surface area contributed by atoms with Gasteiger partial charge in [0, 0.05) is 22.7 Å². The van der Waals surface area contributed by atoms with Gasteiger partial charge in [0.1, 0.15) is 5.69 Å². The van der Waals surface area contributed by atoms with Crippen LogP contribution < -0.4 is 14.8 Å². The number of amides is 1. The van der Waals surface area contributed by atoms with Gasteiger partial charge in [-0.25, -0.2) is 0 Å². The molecule has 0 saturated heterocycles. The predicted octanol–water partition coefficient (Wildman–Crippen LogP) is 5.31. The maximum atomic E-state index is 12.2. The standard InChI is InChI=1S/C21H20ClN3O3S/c1-3-10-28-21-17(22)11-14(12-19(21)27-2)4-9-20(26)23-16-7-5-15(6-8-16)18-13-29-25-24-18/h4-9,11-13H,3,10H2,1-2H3,(H,23,26)/b9-4+. The predicted molar refractivity (Wildman–Crippen MR) is 117 cm³/mol. The van der Waals surface area contributed by atoms with Crippen LogP contribution in [0.25, 0.3) is 17.3 Å². The molecule has 1 amide bonds. The number of methoxy groups -OCH3 is 1. The summed E-state index contributed by atoms with van der Waals surface area (Å²) in [7, 11) is 1.55. The first kappa shape index (κ1) is 20.8. The van der Waals surface area contributed by atoms with Gasteiger partial charge in [0.15, 0.2) is 11.5 Å². The lowest BCUT2D eigenvalue weighted by Gasteiger charge is -2.12. The average Bonchev–Trinajstić information content (AvgIpc) is 3.26. The van der Waals surface area contributed by atoms with Gasteiger partial charge in [0.25, 0.3) is 0 Å². The zero-order chi connectivity index (χ0) is 20.6. The van der Waals surface area contributed by atoms with E-state index in [4.69, 9.17) is 21.1 Å². The van der Waals surface area contributed by atoms with E-state index in [2.05, 4.69) is 14.9 Å². The molecule has 6 nitrogen and oxygen atoms in total. The van der Waals surface area contributed by atoms with E-state index in [1.54, 1.807) is 25.3 Å². The second-order valence-corrected chi connectivity index (χ2v) is 7.09. The van der Waals surface area contributed by atoms with Crippen molar-refractivity contribution >= 4 is 40.8 Å². The summed E-state index contributed by atoms with van der Waals surface area (Å²) in [5, 5.41) is 9.15. The lowest BCUT2D eigenvalue weighted by molar-refractivity contribution is -0.111. The molecule has 3 aromatic rings. The Balaban J connectivity index is 1.66. The Morgan fingerprint density at radius 2 is 2.07 bits per heavy atom. The van der Waals surface area contributed by atoms with Gasteiger partial charge in [-0.05, 0) is 53.9 Å². The number of carbonyl (C=O) groups excluding carboxylic acids is 1. The van der Waals surface area contributed by atoms with Gasteiger partial charge in [0.05, 0.1) is 18.7 Å². The fourth-order valence-electron chi connectivity index (χ4n) is 2.55. The van der Waals surface area contributed by atoms with E-state index < -0.39 is 0 Å². The number of benzene rings is 2. The van der Waals surface area contributed by atoms with E-state index in [9.17, 15) is 4.79 Å². The molecule has 2 aromatic carbocycles. The third kappa shape index (κ3) is 5.56. The fraction of sp³-hybridized carbons (Fsp3) is 0.190. The summed E-state index contributed by atoms with van der Waals surface area (Å²) in [5.41, 5.74) is 3.17. The first-order valence-corrected chi connectivity index (χ1v) is 10.2. The van der Waals surface area contributed by atoms with Crippen molar-refractivity contribution in [3.05, 3.63) is 58.4 Å². The van der Waals surface area contributed by atoms with Crippen molar-refractivity contribution in [2.75, 3.05) is 19.0 Å². The van der Waals surface area contributed by atoms with Gasteiger partial charge in [-0.2, -0.15) is 0 Å². The number of aromatic nitrogens is 2. The Bertz CT molecular complexity index is 989. The molecule has 3 rings (SSSR count). The smallest absolute Gasteiger partial charge is 0.248 e. The molecule has 0 aliphatic carbocycles. The van der Waals surface area contributed by atoms with E-state index in [1.807, 2.05) is 36.6 Å². The van der Waals surface area contributed by atoms with Crippen LogP contribution in [0.1, 0.15) is 18.9 Å². The Morgan fingerprint density at radius 3 is 2.72 bits per heavy atom. The first-order valence-electron chi connectivity index (χ1n) is 8.97. The van der Waals surface area contributed by atoms with Crippen molar-refractivity contribution in [3.8, 4) is 22.8 Å². The normalized spacial score (nSPS) is 10.9. The number of nitrogens with zero attached hydrogens (tertiary/aromatic N) is 2. The molecule has 0 saturated carbocycles. The number of carbonyl (C=O) groups is 1. The molecule has 150 valence electrons. The SMILES string of the molecule is CCCOc1c(Cl)cc(/C=C/C(=O)Nc2ccc(-c3csnn3)cc2)cc1OC. The molecule has 0 atom stereocenters. The van der Waals surface area contributed by atoms with Gasteiger partial charge < -0.3 is 14.8 Å². The molecule has 0 bridgehead atoms. The van der Waals surface area contributed by atoms with Crippen LogP contribution in [0.3, 0.4) is 0 Å². The molecule has 0 spiro atoms. The molecular formula is C21H20ClN3O3S. The van der Waals surface area contributed by atoms with Crippen LogP contribution in [0.2, 0.25) is 5.02 Å². The first-order chi connectivity index (χ1) is 14.1. The second kappa shape index (κ2) is 10.0. The van der Waals surface area contributed by atoms with Gasteiger partial charge in [0.2, 0.25) is 5.91 Å². The number of hydrogen-bond acceptors (Lipinski definition) is 6. The molecule has 1 heterocycles. The maximum absolute atomic E-state index is 12.2. The van der Waals surface area contributed by atoms with Crippen LogP contribution in [0.5, 0.6) is 11.5 Å². The third-order valence-corrected chi connectivity index (χ3v) is 4.72. The monoisotopic (exact) mass is 429 g/mol. The minimum Gasteiger partial charge on any atom is -0.493 e. The summed E-state index contributed by atoms with van der Waals surface area (Å²) in [6.45, 7) is 2.56. The number of hydrogen-bond donors (Lipinski definition) is 1. The number of halogens is 1. The minimum atomic E-state index is -0.255. The summed E-state index contributed by atoms with van der Waals surface area (Å²) in [6, 6.07) is 10.9. The van der Waals surface area contributed by atoms with Gasteiger partial charge >= 0.3 is 0 Å². The van der Waals surface area contributed by atoms with E-state index >= 15 is 0 Å². The van der Waals surface area contributed by atoms with Gasteiger partial charge in [-0.1, -0.05) is 35.1 Å². The highest BCUT2D eigenvalue weighted by atomic mass is 35.5. The minimum absolute atomic E-state index is 0.255. The molecule has 8 heteroatoms. The van der Waals surface area contributed by atoms with Crippen molar-refractivity contribution in [1.29, 1.82) is 0 Å². The van der Waals surface area contributed by atoms with E-state index in [0.29, 0.717) is 28.8 Å². The average molecular weight is 430 g/mol. The van der Waals surface area contributed by atoms with Crippen LogP contribution in [0.4, 0.5) is 5.69 Å². The molecule has 1 aromatic heterocycles. The van der Waals surface area contributed by atoms with E-state index in [0.717, 1.165) is 23.2 Å². The number of anilines is 1. The molecule has 0 unspecified atom stereocenters. The molecule has 0 fully saturated rings. The quantitative estimate of drug-likeness (QED) is 0.491. The largest absolute Gasteiger partial charge is 0.493 e. The van der Waals surface area contributed by atoms with Crippen LogP contribution in [0.15, 0.2) is 47.9 Å². The number of nitrogens with one attached hydrogen (secondary N) is 1. The van der Waals surface area contributed by atoms with Crippen molar-refractivity contribution in [3.63, 3.8) is 0 Å². The molecule has 29 heavy (non-hydrogen) atoms. The lowest BCUT2D eigenvalue weighted by atomic mass is 10.1.